The van der Waals surface area contributed by atoms with E-state index in [2.05, 4.69) is 20.9 Å². The first kappa shape index (κ1) is 18.4. The van der Waals surface area contributed by atoms with Gasteiger partial charge >= 0.3 is 0 Å². The maximum Gasteiger partial charge on any atom is 0.251 e. The molecule has 1 amide bonds. The van der Waals surface area contributed by atoms with E-state index in [1.807, 2.05) is 12.1 Å². The fraction of sp³-hybridized carbons (Fsp3) is 0.0526. The van der Waals surface area contributed by atoms with Crippen molar-refractivity contribution in [2.75, 3.05) is 4.90 Å². The molecule has 0 bridgehead atoms. The highest BCUT2D eigenvalue weighted by Gasteiger charge is 2.19. The van der Waals surface area contributed by atoms with Crippen molar-refractivity contribution < 1.29 is 13.6 Å². The van der Waals surface area contributed by atoms with Crippen LogP contribution in [0.4, 0.5) is 14.5 Å². The number of thiophene rings is 1. The molecular weight excluding hydrogens is 422 g/mol. The summed E-state index contributed by atoms with van der Waals surface area (Å²) in [5, 5.41) is 0. The maximum absolute atomic E-state index is 14.2. The minimum atomic E-state index is -0.804. The number of amides is 1. The number of carbonyl (C=O) groups is 1. The zero-order valence-corrected chi connectivity index (χ0v) is 15.8. The third kappa shape index (κ3) is 4.62. The van der Waals surface area contributed by atoms with Gasteiger partial charge in [-0.3, -0.25) is 14.7 Å². The van der Waals surface area contributed by atoms with Crippen LogP contribution in [0, 0.1) is 11.6 Å². The molecule has 3 rings (SSSR count). The van der Waals surface area contributed by atoms with Crippen LogP contribution in [0.1, 0.15) is 10.6 Å². The number of pyridine rings is 1. The predicted molar refractivity (Wildman–Crippen MR) is 103 cm³/mol. The summed E-state index contributed by atoms with van der Waals surface area (Å²) >= 11 is 4.83. The van der Waals surface area contributed by atoms with Crippen molar-refractivity contribution in [3.8, 4) is 0 Å². The molecule has 0 aliphatic carbocycles. The van der Waals surface area contributed by atoms with Gasteiger partial charge in [0.15, 0.2) is 0 Å². The van der Waals surface area contributed by atoms with Gasteiger partial charge in [-0.2, -0.15) is 0 Å². The summed E-state index contributed by atoms with van der Waals surface area (Å²) < 4.78 is 28.4. The molecule has 0 atom stereocenters. The lowest BCUT2D eigenvalue weighted by atomic mass is 10.2. The van der Waals surface area contributed by atoms with Crippen LogP contribution in [0.2, 0.25) is 0 Å². The van der Waals surface area contributed by atoms with Gasteiger partial charge < -0.3 is 0 Å². The molecule has 0 radical (unpaired) electrons. The number of carbonyl (C=O) groups excluding carboxylic acids is 1. The molecule has 7 heteroatoms. The zero-order valence-electron chi connectivity index (χ0n) is 13.4. The Morgan fingerprint density at radius 2 is 2.04 bits per heavy atom. The average Bonchev–Trinajstić information content (AvgIpc) is 3.04. The third-order valence-electron chi connectivity index (χ3n) is 3.50. The summed E-state index contributed by atoms with van der Waals surface area (Å²) in [5.74, 6) is -1.93. The van der Waals surface area contributed by atoms with E-state index in [4.69, 9.17) is 0 Å². The second-order valence-electron chi connectivity index (χ2n) is 5.32. The number of benzene rings is 1. The summed E-state index contributed by atoms with van der Waals surface area (Å²) in [6.07, 6.45) is 4.62. The quantitative estimate of drug-likeness (QED) is 0.501. The van der Waals surface area contributed by atoms with Gasteiger partial charge in [-0.05, 0) is 58.4 Å². The van der Waals surface area contributed by atoms with E-state index >= 15 is 0 Å². The minimum absolute atomic E-state index is 0.000867. The Labute approximate surface area is 161 Å². The van der Waals surface area contributed by atoms with Crippen molar-refractivity contribution in [2.45, 2.75) is 6.54 Å². The molecule has 132 valence electrons. The van der Waals surface area contributed by atoms with Gasteiger partial charge in [0.1, 0.15) is 11.6 Å². The van der Waals surface area contributed by atoms with Crippen molar-refractivity contribution in [3.63, 3.8) is 0 Å². The predicted octanol–water partition coefficient (Wildman–Crippen LogP) is 5.43. The van der Waals surface area contributed by atoms with Crippen molar-refractivity contribution >= 4 is 44.9 Å². The lowest BCUT2D eigenvalue weighted by Gasteiger charge is -2.21. The fourth-order valence-corrected chi connectivity index (χ4v) is 3.62. The Balaban J connectivity index is 1.91. The van der Waals surface area contributed by atoms with Gasteiger partial charge in [0.25, 0.3) is 5.91 Å². The molecule has 0 saturated heterocycles. The van der Waals surface area contributed by atoms with E-state index in [1.54, 1.807) is 30.5 Å². The van der Waals surface area contributed by atoms with E-state index in [0.717, 1.165) is 20.8 Å². The summed E-state index contributed by atoms with van der Waals surface area (Å²) in [4.78, 5) is 19.0. The first-order valence-electron chi connectivity index (χ1n) is 7.63. The van der Waals surface area contributed by atoms with Crippen LogP contribution in [0.15, 0.2) is 64.6 Å². The molecule has 3 nitrogen and oxygen atoms in total. The Morgan fingerprint density at radius 1 is 1.19 bits per heavy atom. The van der Waals surface area contributed by atoms with Gasteiger partial charge in [0.05, 0.1) is 21.7 Å². The van der Waals surface area contributed by atoms with Crippen molar-refractivity contribution in [3.05, 3.63) is 86.8 Å². The summed E-state index contributed by atoms with van der Waals surface area (Å²) in [5.41, 5.74) is 0.593. The molecule has 0 N–H and O–H groups in total. The lowest BCUT2D eigenvalue weighted by Crippen LogP contribution is -2.30. The Morgan fingerprint density at radius 3 is 2.69 bits per heavy atom. The number of nitrogens with zero attached hydrogens (tertiary/aromatic N) is 2. The average molecular weight is 435 g/mol. The first-order chi connectivity index (χ1) is 12.5. The topological polar surface area (TPSA) is 33.2 Å². The molecule has 0 unspecified atom stereocenters. The minimum Gasteiger partial charge on any atom is -0.300 e. The second-order valence-corrected chi connectivity index (χ2v) is 7.81. The number of aromatic nitrogens is 1. The first-order valence-corrected chi connectivity index (χ1v) is 9.24. The van der Waals surface area contributed by atoms with Crippen molar-refractivity contribution in [2.24, 2.45) is 0 Å². The van der Waals surface area contributed by atoms with E-state index in [1.165, 1.54) is 28.4 Å². The number of anilines is 1. The second kappa shape index (κ2) is 8.33. The Kier molecular flexibility index (Phi) is 5.90. The van der Waals surface area contributed by atoms with Crippen LogP contribution in [-0.4, -0.2) is 10.9 Å². The fourth-order valence-electron chi connectivity index (χ4n) is 2.30. The summed E-state index contributed by atoms with van der Waals surface area (Å²) in [6, 6.07) is 12.1. The van der Waals surface area contributed by atoms with Crippen LogP contribution in [0.25, 0.3) is 6.08 Å². The van der Waals surface area contributed by atoms with Crippen molar-refractivity contribution in [1.29, 1.82) is 0 Å². The molecule has 2 aromatic heterocycles. The van der Waals surface area contributed by atoms with Crippen LogP contribution >= 0.6 is 27.3 Å². The van der Waals surface area contributed by atoms with Crippen LogP contribution in [0.3, 0.4) is 0 Å². The summed E-state index contributed by atoms with van der Waals surface area (Å²) in [6.45, 7) is 0.0701. The maximum atomic E-state index is 14.2. The molecule has 0 fully saturated rings. The standard InChI is InChI=1S/C19H13BrF2N2OS/c20-18-8-5-15(26-18)6-9-19(25)24(12-14-3-1-2-10-23-14)17-7-4-13(21)11-16(17)22/h1-11H,12H2/b9-6+. The SMILES string of the molecule is O=C(/C=C/c1ccc(Br)s1)N(Cc1ccccn1)c1ccc(F)cc1F. The highest BCUT2D eigenvalue weighted by atomic mass is 79.9. The molecule has 26 heavy (non-hydrogen) atoms. The highest BCUT2D eigenvalue weighted by molar-refractivity contribution is 9.11. The van der Waals surface area contributed by atoms with Gasteiger partial charge in [-0.15, -0.1) is 11.3 Å². The normalized spacial score (nSPS) is 11.0. The molecule has 3 aromatic rings. The largest absolute Gasteiger partial charge is 0.300 e. The molecule has 1 aromatic carbocycles. The molecular formula is C19H13BrF2N2OS. The van der Waals surface area contributed by atoms with E-state index in [9.17, 15) is 13.6 Å². The number of rotatable bonds is 5. The molecule has 2 heterocycles. The summed E-state index contributed by atoms with van der Waals surface area (Å²) in [7, 11) is 0. The van der Waals surface area contributed by atoms with Gasteiger partial charge in [0, 0.05) is 23.2 Å². The van der Waals surface area contributed by atoms with Crippen molar-refractivity contribution in [1.82, 2.24) is 4.98 Å². The van der Waals surface area contributed by atoms with Crippen LogP contribution in [-0.2, 0) is 11.3 Å². The van der Waals surface area contributed by atoms with Crippen LogP contribution in [0.5, 0.6) is 0 Å². The molecule has 0 aliphatic rings. The Bertz CT molecular complexity index is 944. The van der Waals surface area contributed by atoms with E-state index in [0.29, 0.717) is 5.69 Å². The zero-order chi connectivity index (χ0) is 18.5. The molecule has 0 spiro atoms. The van der Waals surface area contributed by atoms with Gasteiger partial charge in [-0.25, -0.2) is 8.78 Å². The van der Waals surface area contributed by atoms with E-state index < -0.39 is 17.5 Å². The van der Waals surface area contributed by atoms with Crippen LogP contribution < -0.4 is 4.90 Å². The Hall–Kier alpha value is -2.38. The molecule has 0 aliphatic heterocycles. The lowest BCUT2D eigenvalue weighted by molar-refractivity contribution is -0.114. The smallest absolute Gasteiger partial charge is 0.251 e. The van der Waals surface area contributed by atoms with Gasteiger partial charge in [-0.1, -0.05) is 6.07 Å². The monoisotopic (exact) mass is 434 g/mol. The number of hydrogen-bond donors (Lipinski definition) is 0. The van der Waals surface area contributed by atoms with Gasteiger partial charge in [0.2, 0.25) is 0 Å². The number of hydrogen-bond acceptors (Lipinski definition) is 3. The third-order valence-corrected chi connectivity index (χ3v) is 5.09. The molecule has 0 saturated carbocycles. The number of halogens is 3. The highest BCUT2D eigenvalue weighted by Crippen LogP contribution is 2.25. The van der Waals surface area contributed by atoms with E-state index in [-0.39, 0.29) is 12.2 Å².